The van der Waals surface area contributed by atoms with Gasteiger partial charge in [-0.2, -0.15) is 4.31 Å². The number of aromatic nitrogens is 2. The summed E-state index contributed by atoms with van der Waals surface area (Å²) in [4.78, 5) is 19.3. The molecule has 0 aliphatic carbocycles. The fraction of sp³-hybridized carbons (Fsp3) is 0.565. The lowest BCUT2D eigenvalue weighted by atomic mass is 9.98. The highest BCUT2D eigenvalue weighted by atomic mass is 32.2. The molecule has 176 valence electrons. The summed E-state index contributed by atoms with van der Waals surface area (Å²) in [7, 11) is -3.73. The Morgan fingerprint density at radius 2 is 2.00 bits per heavy atom. The summed E-state index contributed by atoms with van der Waals surface area (Å²) in [6.45, 7) is 12.6. The SMILES string of the molecule is CCN(CC)c1ccc(NC(=O)C2CCCN(S(=O)(=O)c3cn(C(C)C)cn3)C2)c(C)c1. The molecule has 3 rings (SSSR count). The Morgan fingerprint density at radius 3 is 2.59 bits per heavy atom. The Morgan fingerprint density at radius 1 is 1.28 bits per heavy atom. The zero-order valence-electron chi connectivity index (χ0n) is 19.7. The summed E-state index contributed by atoms with van der Waals surface area (Å²) in [5, 5.41) is 3.05. The van der Waals surface area contributed by atoms with Crippen molar-refractivity contribution in [3.8, 4) is 0 Å². The van der Waals surface area contributed by atoms with Gasteiger partial charge in [0.15, 0.2) is 5.03 Å². The molecule has 32 heavy (non-hydrogen) atoms. The first kappa shape index (κ1) is 24.3. The molecule has 1 amide bonds. The van der Waals surface area contributed by atoms with E-state index in [2.05, 4.69) is 35.1 Å². The van der Waals surface area contributed by atoms with E-state index in [1.54, 1.807) is 10.8 Å². The third-order valence-electron chi connectivity index (χ3n) is 6.13. The predicted octanol–water partition coefficient (Wildman–Crippen LogP) is 3.66. The number of hydrogen-bond donors (Lipinski definition) is 1. The first-order valence-corrected chi connectivity index (χ1v) is 12.8. The maximum atomic E-state index is 13.1. The molecule has 2 aromatic rings. The van der Waals surface area contributed by atoms with Gasteiger partial charge in [-0.15, -0.1) is 0 Å². The van der Waals surface area contributed by atoms with E-state index in [0.29, 0.717) is 19.4 Å². The first-order valence-electron chi connectivity index (χ1n) is 11.4. The smallest absolute Gasteiger partial charge is 0.262 e. The summed E-state index contributed by atoms with van der Waals surface area (Å²) < 4.78 is 29.3. The second-order valence-electron chi connectivity index (χ2n) is 8.62. The number of benzene rings is 1. The molecule has 8 nitrogen and oxygen atoms in total. The van der Waals surface area contributed by atoms with Crippen molar-refractivity contribution in [2.75, 3.05) is 36.4 Å². The fourth-order valence-electron chi connectivity index (χ4n) is 4.05. The van der Waals surface area contributed by atoms with Crippen LogP contribution in [0.3, 0.4) is 0 Å². The van der Waals surface area contributed by atoms with Crippen molar-refractivity contribution < 1.29 is 13.2 Å². The van der Waals surface area contributed by atoms with Crippen LogP contribution in [-0.2, 0) is 14.8 Å². The van der Waals surface area contributed by atoms with E-state index in [0.717, 1.165) is 30.0 Å². The van der Waals surface area contributed by atoms with Crippen molar-refractivity contribution in [1.82, 2.24) is 13.9 Å². The fourth-order valence-corrected chi connectivity index (χ4v) is 5.49. The van der Waals surface area contributed by atoms with Gasteiger partial charge in [0, 0.05) is 49.8 Å². The molecular weight excluding hydrogens is 426 g/mol. The van der Waals surface area contributed by atoms with Gasteiger partial charge in [-0.3, -0.25) is 4.79 Å². The molecule has 1 aromatic carbocycles. The minimum absolute atomic E-state index is 0.0371. The van der Waals surface area contributed by atoms with Gasteiger partial charge in [0.1, 0.15) is 0 Å². The highest BCUT2D eigenvalue weighted by Gasteiger charge is 2.34. The number of sulfonamides is 1. The Balaban J connectivity index is 1.70. The largest absolute Gasteiger partial charge is 0.372 e. The summed E-state index contributed by atoms with van der Waals surface area (Å²) >= 11 is 0. The van der Waals surface area contributed by atoms with E-state index in [1.165, 1.54) is 10.6 Å². The van der Waals surface area contributed by atoms with Crippen LogP contribution in [0, 0.1) is 12.8 Å². The number of hydrogen-bond acceptors (Lipinski definition) is 5. The molecule has 9 heteroatoms. The molecule has 0 spiro atoms. The molecule has 1 fully saturated rings. The van der Waals surface area contributed by atoms with Gasteiger partial charge >= 0.3 is 0 Å². The maximum absolute atomic E-state index is 13.1. The Labute approximate surface area is 191 Å². The number of carbonyl (C=O) groups excluding carboxylic acids is 1. The second-order valence-corrected chi connectivity index (χ2v) is 10.5. The molecule has 2 heterocycles. The second kappa shape index (κ2) is 10.0. The van der Waals surface area contributed by atoms with Crippen LogP contribution in [0.5, 0.6) is 0 Å². The van der Waals surface area contributed by atoms with Gasteiger partial charge in [0.2, 0.25) is 5.91 Å². The number of anilines is 2. The number of carbonyl (C=O) groups is 1. The summed E-state index contributed by atoms with van der Waals surface area (Å²) in [6, 6.07) is 6.14. The van der Waals surface area contributed by atoms with Crippen molar-refractivity contribution in [2.24, 2.45) is 5.92 Å². The van der Waals surface area contributed by atoms with Gasteiger partial charge in [-0.25, -0.2) is 13.4 Å². The van der Waals surface area contributed by atoms with Crippen LogP contribution in [0.1, 0.15) is 52.1 Å². The van der Waals surface area contributed by atoms with Crippen molar-refractivity contribution >= 4 is 27.3 Å². The Hall–Kier alpha value is -2.39. The summed E-state index contributed by atoms with van der Waals surface area (Å²) in [5.74, 6) is -0.538. The molecule has 0 radical (unpaired) electrons. The summed E-state index contributed by atoms with van der Waals surface area (Å²) in [5.41, 5.74) is 2.88. The quantitative estimate of drug-likeness (QED) is 0.648. The van der Waals surface area contributed by atoms with Gasteiger partial charge in [-0.1, -0.05) is 0 Å². The normalized spacial score (nSPS) is 17.5. The molecule has 1 aliphatic heterocycles. The Bertz CT molecular complexity index is 1040. The standard InChI is InChI=1S/C23H35N5O3S/c1-6-26(7-2)20-10-11-21(18(5)13-20)25-23(29)19-9-8-12-28(14-19)32(30,31)22-15-27(16-24-22)17(3)4/h10-11,13,15-17,19H,6-9,12,14H2,1-5H3,(H,25,29). The average Bonchev–Trinajstić information content (AvgIpc) is 3.28. The number of nitrogens with one attached hydrogen (secondary N) is 1. The van der Waals surface area contributed by atoms with Crippen LogP contribution in [0.25, 0.3) is 0 Å². The van der Waals surface area contributed by atoms with Crippen LogP contribution < -0.4 is 10.2 Å². The van der Waals surface area contributed by atoms with Gasteiger partial charge < -0.3 is 14.8 Å². The number of piperidine rings is 1. The van der Waals surface area contributed by atoms with Gasteiger partial charge in [0.05, 0.1) is 12.2 Å². The van der Waals surface area contributed by atoms with Crippen molar-refractivity contribution in [1.29, 1.82) is 0 Å². The molecule has 1 N–H and O–H groups in total. The Kier molecular flexibility index (Phi) is 7.61. The molecule has 0 bridgehead atoms. The van der Waals surface area contributed by atoms with Gasteiger partial charge in [0.25, 0.3) is 10.0 Å². The predicted molar refractivity (Wildman–Crippen MR) is 127 cm³/mol. The molecule has 1 unspecified atom stereocenters. The topological polar surface area (TPSA) is 87.5 Å². The van der Waals surface area contributed by atoms with E-state index in [9.17, 15) is 13.2 Å². The molecule has 1 atom stereocenters. The van der Waals surface area contributed by atoms with E-state index < -0.39 is 15.9 Å². The number of amides is 1. The molecule has 1 saturated heterocycles. The zero-order chi connectivity index (χ0) is 23.5. The monoisotopic (exact) mass is 461 g/mol. The van der Waals surface area contributed by atoms with Crippen LogP contribution in [0.2, 0.25) is 0 Å². The zero-order valence-corrected chi connectivity index (χ0v) is 20.5. The third-order valence-corrected chi connectivity index (χ3v) is 7.88. The lowest BCUT2D eigenvalue weighted by Gasteiger charge is -2.30. The summed E-state index contributed by atoms with van der Waals surface area (Å²) in [6.07, 6.45) is 4.40. The van der Waals surface area contributed by atoms with Crippen molar-refractivity contribution in [3.63, 3.8) is 0 Å². The highest BCUT2D eigenvalue weighted by Crippen LogP contribution is 2.27. The average molecular weight is 462 g/mol. The molecular formula is C23H35N5O3S. The number of imidazole rings is 1. The molecule has 0 saturated carbocycles. The molecule has 1 aliphatic rings. The van der Waals surface area contributed by atoms with E-state index >= 15 is 0 Å². The lowest BCUT2D eigenvalue weighted by molar-refractivity contribution is -0.120. The highest BCUT2D eigenvalue weighted by molar-refractivity contribution is 7.89. The minimum Gasteiger partial charge on any atom is -0.372 e. The van der Waals surface area contributed by atoms with E-state index in [1.807, 2.05) is 32.9 Å². The number of nitrogens with zero attached hydrogens (tertiary/aromatic N) is 4. The third kappa shape index (κ3) is 5.15. The molecule has 1 aromatic heterocycles. The number of rotatable bonds is 8. The van der Waals surface area contributed by atoms with E-state index in [4.69, 9.17) is 0 Å². The number of aryl methyl sites for hydroxylation is 1. The van der Waals surface area contributed by atoms with Crippen LogP contribution >= 0.6 is 0 Å². The lowest BCUT2D eigenvalue weighted by Crippen LogP contribution is -2.43. The van der Waals surface area contributed by atoms with Crippen LogP contribution in [0.4, 0.5) is 11.4 Å². The van der Waals surface area contributed by atoms with Crippen LogP contribution in [-0.4, -0.2) is 54.4 Å². The van der Waals surface area contributed by atoms with E-state index in [-0.39, 0.29) is 23.5 Å². The van der Waals surface area contributed by atoms with Crippen molar-refractivity contribution in [2.45, 2.75) is 58.5 Å². The van der Waals surface area contributed by atoms with Gasteiger partial charge in [-0.05, 0) is 71.2 Å². The maximum Gasteiger partial charge on any atom is 0.262 e. The first-order chi connectivity index (χ1) is 15.2. The van der Waals surface area contributed by atoms with Crippen LogP contribution in [0.15, 0.2) is 35.7 Å². The van der Waals surface area contributed by atoms with Crippen molar-refractivity contribution in [3.05, 3.63) is 36.3 Å². The minimum atomic E-state index is -3.73.